The van der Waals surface area contributed by atoms with Crippen LogP contribution in [-0.4, -0.2) is 22.9 Å². The lowest BCUT2D eigenvalue weighted by molar-refractivity contribution is 0.0697. The van der Waals surface area contributed by atoms with Crippen LogP contribution in [0.3, 0.4) is 0 Å². The maximum absolute atomic E-state index is 12.9. The van der Waals surface area contributed by atoms with Crippen LogP contribution < -0.4 is 10.2 Å². The molecule has 28 heavy (non-hydrogen) atoms. The minimum Gasteiger partial charge on any atom is -0.478 e. The first kappa shape index (κ1) is 17.5. The third-order valence-corrected chi connectivity index (χ3v) is 4.63. The van der Waals surface area contributed by atoms with E-state index in [1.54, 1.807) is 42.5 Å². The number of carbonyl (C=O) groups excluding carboxylic acids is 2. The van der Waals surface area contributed by atoms with E-state index in [2.05, 4.69) is 5.32 Å². The average Bonchev–Trinajstić information content (AvgIpc) is 2.94. The molecular formula is C22H16N2O4. The molecule has 0 unspecified atom stereocenters. The van der Waals surface area contributed by atoms with E-state index < -0.39 is 17.8 Å². The molecule has 0 spiro atoms. The van der Waals surface area contributed by atoms with Gasteiger partial charge >= 0.3 is 5.97 Å². The lowest BCUT2D eigenvalue weighted by atomic mass is 10.1. The van der Waals surface area contributed by atoms with Crippen molar-refractivity contribution < 1.29 is 19.5 Å². The van der Waals surface area contributed by atoms with E-state index in [1.807, 2.05) is 19.1 Å². The van der Waals surface area contributed by atoms with Crippen LogP contribution in [0.15, 0.2) is 66.7 Å². The summed E-state index contributed by atoms with van der Waals surface area (Å²) < 4.78 is 0. The fraction of sp³-hybridized carbons (Fsp3) is 0.0455. The van der Waals surface area contributed by atoms with Crippen LogP contribution in [0.2, 0.25) is 0 Å². The van der Waals surface area contributed by atoms with Crippen molar-refractivity contribution in [2.75, 3.05) is 10.2 Å². The topological polar surface area (TPSA) is 86.7 Å². The molecule has 0 atom stereocenters. The normalized spacial score (nSPS) is 12.8. The first-order chi connectivity index (χ1) is 13.5. The summed E-state index contributed by atoms with van der Waals surface area (Å²) in [5.41, 5.74) is 2.66. The summed E-state index contributed by atoms with van der Waals surface area (Å²) in [5.74, 6) is -2.11. The fourth-order valence-corrected chi connectivity index (χ4v) is 3.23. The first-order valence-electron chi connectivity index (χ1n) is 8.65. The molecule has 3 aromatic rings. The van der Waals surface area contributed by atoms with Crippen molar-refractivity contribution in [1.82, 2.24) is 0 Å². The van der Waals surface area contributed by atoms with Crippen molar-refractivity contribution in [3.05, 3.63) is 89.0 Å². The van der Waals surface area contributed by atoms with Gasteiger partial charge in [0.05, 0.1) is 28.1 Å². The number of para-hydroxylation sites is 1. The number of hydrogen-bond acceptors (Lipinski definition) is 4. The number of rotatable bonds is 4. The minimum atomic E-state index is -1.16. The maximum atomic E-state index is 12.9. The van der Waals surface area contributed by atoms with Gasteiger partial charge in [-0.05, 0) is 43.3 Å². The number of hydrogen-bond donors (Lipinski definition) is 2. The van der Waals surface area contributed by atoms with Gasteiger partial charge in [-0.15, -0.1) is 0 Å². The molecule has 0 bridgehead atoms. The van der Waals surface area contributed by atoms with Crippen LogP contribution >= 0.6 is 0 Å². The predicted molar refractivity (Wildman–Crippen MR) is 105 cm³/mol. The Balaban J connectivity index is 1.85. The molecule has 1 heterocycles. The van der Waals surface area contributed by atoms with E-state index in [1.165, 1.54) is 12.1 Å². The van der Waals surface area contributed by atoms with E-state index in [0.29, 0.717) is 16.8 Å². The number of amides is 2. The molecule has 1 aliphatic rings. The van der Waals surface area contributed by atoms with Crippen LogP contribution in [0.1, 0.15) is 36.6 Å². The number of nitrogens with zero attached hydrogens (tertiary/aromatic N) is 1. The summed E-state index contributed by atoms with van der Waals surface area (Å²) in [6.07, 6.45) is 0. The predicted octanol–water partition coefficient (Wildman–Crippen LogP) is 4.24. The second-order valence-corrected chi connectivity index (χ2v) is 6.49. The molecule has 0 saturated carbocycles. The summed E-state index contributed by atoms with van der Waals surface area (Å²) in [6, 6.07) is 18.4. The number of fused-ring (bicyclic) bond motifs is 1. The van der Waals surface area contributed by atoms with Crippen molar-refractivity contribution in [3.63, 3.8) is 0 Å². The standard InChI is InChI=1S/C22H16N2O4/c1-13-9-11-14(12-10-13)23-19-17(22(27)28)7-4-8-18(19)24-20(25)15-5-2-3-6-16(15)21(24)26/h2-12,23H,1H3,(H,27,28). The Morgan fingerprint density at radius 3 is 2.04 bits per heavy atom. The van der Waals surface area contributed by atoms with Gasteiger partial charge in [0, 0.05) is 5.69 Å². The zero-order chi connectivity index (χ0) is 19.8. The highest BCUT2D eigenvalue weighted by atomic mass is 16.4. The minimum absolute atomic E-state index is 0.0327. The molecule has 138 valence electrons. The zero-order valence-electron chi connectivity index (χ0n) is 15.0. The van der Waals surface area contributed by atoms with Gasteiger partial charge < -0.3 is 10.4 Å². The van der Waals surface area contributed by atoms with E-state index in [-0.39, 0.29) is 16.9 Å². The molecule has 0 radical (unpaired) electrons. The molecule has 0 aromatic heterocycles. The molecule has 3 aromatic carbocycles. The SMILES string of the molecule is Cc1ccc(Nc2c(C(=O)O)cccc2N2C(=O)c3ccccc3C2=O)cc1. The highest BCUT2D eigenvalue weighted by Crippen LogP contribution is 2.37. The molecule has 0 saturated heterocycles. The van der Waals surface area contributed by atoms with Crippen LogP contribution in [0.5, 0.6) is 0 Å². The third kappa shape index (κ3) is 2.81. The second-order valence-electron chi connectivity index (χ2n) is 6.49. The van der Waals surface area contributed by atoms with Crippen LogP contribution in [-0.2, 0) is 0 Å². The lowest BCUT2D eigenvalue weighted by Crippen LogP contribution is -2.30. The number of anilines is 3. The summed E-state index contributed by atoms with van der Waals surface area (Å²) in [6.45, 7) is 1.94. The summed E-state index contributed by atoms with van der Waals surface area (Å²) >= 11 is 0. The van der Waals surface area contributed by atoms with Gasteiger partial charge in [-0.25, -0.2) is 9.69 Å². The number of benzene rings is 3. The number of carboxylic acids is 1. The van der Waals surface area contributed by atoms with Gasteiger partial charge in [0.25, 0.3) is 11.8 Å². The maximum Gasteiger partial charge on any atom is 0.337 e. The Hall–Kier alpha value is -3.93. The molecule has 6 heteroatoms. The van der Waals surface area contributed by atoms with Gasteiger partial charge in [0.1, 0.15) is 0 Å². The third-order valence-electron chi connectivity index (χ3n) is 4.63. The van der Waals surface area contributed by atoms with Crippen molar-refractivity contribution in [1.29, 1.82) is 0 Å². The second kappa shape index (κ2) is 6.66. The Kier molecular flexibility index (Phi) is 4.16. The Labute approximate surface area is 161 Å². The van der Waals surface area contributed by atoms with E-state index >= 15 is 0 Å². The zero-order valence-corrected chi connectivity index (χ0v) is 15.0. The van der Waals surface area contributed by atoms with Gasteiger partial charge in [0.2, 0.25) is 0 Å². The van der Waals surface area contributed by atoms with Crippen LogP contribution in [0, 0.1) is 6.92 Å². The molecule has 2 amide bonds. The number of imide groups is 1. The highest BCUT2D eigenvalue weighted by molar-refractivity contribution is 6.35. The molecular weight excluding hydrogens is 356 g/mol. The van der Waals surface area contributed by atoms with Crippen molar-refractivity contribution in [2.24, 2.45) is 0 Å². The van der Waals surface area contributed by atoms with Crippen LogP contribution in [0.25, 0.3) is 0 Å². The van der Waals surface area contributed by atoms with Gasteiger partial charge in [-0.3, -0.25) is 9.59 Å². The van der Waals surface area contributed by atoms with Crippen molar-refractivity contribution in [3.8, 4) is 0 Å². The summed E-state index contributed by atoms with van der Waals surface area (Å²) in [7, 11) is 0. The molecule has 6 nitrogen and oxygen atoms in total. The number of aromatic carboxylic acids is 1. The lowest BCUT2D eigenvalue weighted by Gasteiger charge is -2.21. The Bertz CT molecular complexity index is 1080. The summed E-state index contributed by atoms with van der Waals surface area (Å²) in [5, 5.41) is 12.7. The molecule has 1 aliphatic heterocycles. The number of carboxylic acid groups (broad SMARTS) is 1. The quantitative estimate of drug-likeness (QED) is 0.669. The van der Waals surface area contributed by atoms with Crippen LogP contribution in [0.4, 0.5) is 17.1 Å². The molecule has 0 fully saturated rings. The Morgan fingerprint density at radius 2 is 1.46 bits per heavy atom. The summed E-state index contributed by atoms with van der Waals surface area (Å²) in [4.78, 5) is 38.5. The Morgan fingerprint density at radius 1 is 0.857 bits per heavy atom. The number of nitrogens with one attached hydrogen (secondary N) is 1. The van der Waals surface area contributed by atoms with Gasteiger partial charge in [-0.1, -0.05) is 35.9 Å². The number of aryl methyl sites for hydroxylation is 1. The first-order valence-corrected chi connectivity index (χ1v) is 8.65. The molecule has 4 rings (SSSR count). The van der Waals surface area contributed by atoms with Crippen molar-refractivity contribution in [2.45, 2.75) is 6.92 Å². The monoisotopic (exact) mass is 372 g/mol. The van der Waals surface area contributed by atoms with Gasteiger partial charge in [-0.2, -0.15) is 0 Å². The average molecular weight is 372 g/mol. The molecule has 0 aliphatic carbocycles. The highest BCUT2D eigenvalue weighted by Gasteiger charge is 2.38. The van der Waals surface area contributed by atoms with Gasteiger partial charge in [0.15, 0.2) is 0 Å². The largest absolute Gasteiger partial charge is 0.478 e. The van der Waals surface area contributed by atoms with E-state index in [4.69, 9.17) is 0 Å². The van der Waals surface area contributed by atoms with E-state index in [0.717, 1.165) is 10.5 Å². The fourth-order valence-electron chi connectivity index (χ4n) is 3.23. The smallest absolute Gasteiger partial charge is 0.337 e. The van der Waals surface area contributed by atoms with Crippen molar-refractivity contribution >= 4 is 34.8 Å². The number of carbonyl (C=O) groups is 3. The van der Waals surface area contributed by atoms with E-state index in [9.17, 15) is 19.5 Å². The molecule has 2 N–H and O–H groups in total.